The molecule has 3 nitrogen and oxygen atoms in total. The minimum absolute atomic E-state index is 0.163. The van der Waals surface area contributed by atoms with Crippen LogP contribution in [-0.4, -0.2) is 25.0 Å². The van der Waals surface area contributed by atoms with Crippen LogP contribution < -0.4 is 10.2 Å². The summed E-state index contributed by atoms with van der Waals surface area (Å²) < 4.78 is 0. The molecule has 1 unspecified atom stereocenters. The Morgan fingerprint density at radius 1 is 1.33 bits per heavy atom. The number of nitrogens with one attached hydrogen (secondary N) is 1. The lowest BCUT2D eigenvalue weighted by Gasteiger charge is -2.44. The number of anilines is 1. The van der Waals surface area contributed by atoms with E-state index in [1.54, 1.807) is 0 Å². The van der Waals surface area contributed by atoms with Crippen molar-refractivity contribution in [2.24, 2.45) is 5.41 Å². The quantitative estimate of drug-likeness (QED) is 0.906. The topological polar surface area (TPSA) is 32.3 Å². The van der Waals surface area contributed by atoms with Gasteiger partial charge in [-0.15, -0.1) is 0 Å². The van der Waals surface area contributed by atoms with E-state index in [2.05, 4.69) is 48.3 Å². The van der Waals surface area contributed by atoms with Gasteiger partial charge in [-0.2, -0.15) is 0 Å². The lowest BCUT2D eigenvalue weighted by molar-refractivity contribution is -0.130. The predicted octanol–water partition coefficient (Wildman–Crippen LogP) is 3.13. The summed E-state index contributed by atoms with van der Waals surface area (Å²) in [5.74, 6) is 0.353. The first kappa shape index (κ1) is 14.6. The number of amides is 1. The second-order valence-electron chi connectivity index (χ2n) is 6.58. The molecule has 1 aromatic rings. The van der Waals surface area contributed by atoms with Crippen molar-refractivity contribution in [3.8, 4) is 0 Å². The van der Waals surface area contributed by atoms with Crippen LogP contribution in [-0.2, 0) is 11.2 Å². The van der Waals surface area contributed by atoms with Crippen LogP contribution in [0.5, 0.6) is 0 Å². The summed E-state index contributed by atoms with van der Waals surface area (Å²) in [6, 6.07) is 8.73. The maximum absolute atomic E-state index is 13.4. The second kappa shape index (κ2) is 5.80. The number of rotatable bonds is 2. The zero-order chi connectivity index (χ0) is 14.9. The van der Waals surface area contributed by atoms with E-state index in [1.165, 1.54) is 5.56 Å². The molecule has 1 amide bonds. The lowest BCUT2D eigenvalue weighted by Crippen LogP contribution is -2.53. The van der Waals surface area contributed by atoms with Crippen molar-refractivity contribution in [2.45, 2.75) is 52.0 Å². The Hall–Kier alpha value is -1.35. The highest BCUT2D eigenvalue weighted by molar-refractivity contribution is 5.99. The molecule has 1 aromatic carbocycles. The molecule has 1 saturated heterocycles. The second-order valence-corrected chi connectivity index (χ2v) is 6.58. The molecule has 2 aliphatic heterocycles. The van der Waals surface area contributed by atoms with Crippen LogP contribution >= 0.6 is 0 Å². The molecule has 2 aliphatic rings. The Balaban J connectivity index is 1.96. The smallest absolute Gasteiger partial charge is 0.233 e. The summed E-state index contributed by atoms with van der Waals surface area (Å²) in [6.07, 6.45) is 5.03. The van der Waals surface area contributed by atoms with E-state index in [1.807, 2.05) is 0 Å². The number of nitrogens with zero attached hydrogens (tertiary/aromatic N) is 1. The van der Waals surface area contributed by atoms with Gasteiger partial charge < -0.3 is 10.2 Å². The van der Waals surface area contributed by atoms with E-state index >= 15 is 0 Å². The molecule has 0 aromatic heterocycles. The molecule has 114 valence electrons. The monoisotopic (exact) mass is 286 g/mol. The van der Waals surface area contributed by atoms with Crippen molar-refractivity contribution in [3.05, 3.63) is 29.8 Å². The van der Waals surface area contributed by atoms with Gasteiger partial charge in [0, 0.05) is 11.7 Å². The minimum atomic E-state index is -0.163. The lowest BCUT2D eigenvalue weighted by atomic mass is 9.74. The van der Waals surface area contributed by atoms with Crippen LogP contribution in [0.25, 0.3) is 0 Å². The van der Waals surface area contributed by atoms with Gasteiger partial charge in [-0.25, -0.2) is 0 Å². The van der Waals surface area contributed by atoms with E-state index in [4.69, 9.17) is 0 Å². The first-order valence-electron chi connectivity index (χ1n) is 8.30. The maximum Gasteiger partial charge on any atom is 0.233 e. The largest absolute Gasteiger partial charge is 0.317 e. The van der Waals surface area contributed by atoms with Gasteiger partial charge in [0.1, 0.15) is 0 Å². The standard InChI is InChI=1S/C18H26N2O/c1-3-18(10-12-19-13-11-18)17(21)20-14(2)8-9-15-6-4-5-7-16(15)20/h4-7,14,19H,3,8-13H2,1-2H3. The molecule has 0 bridgehead atoms. The molecule has 2 heterocycles. The van der Waals surface area contributed by atoms with Gasteiger partial charge in [0.05, 0.1) is 5.41 Å². The summed E-state index contributed by atoms with van der Waals surface area (Å²) in [6.45, 7) is 6.29. The SMILES string of the molecule is CCC1(C(=O)N2c3ccccc3CCC2C)CCNCC1. The number of fused-ring (bicyclic) bond motifs is 1. The molecule has 0 radical (unpaired) electrons. The maximum atomic E-state index is 13.4. The summed E-state index contributed by atoms with van der Waals surface area (Å²) >= 11 is 0. The van der Waals surface area contributed by atoms with E-state index in [-0.39, 0.29) is 5.41 Å². The number of aryl methyl sites for hydroxylation is 1. The van der Waals surface area contributed by atoms with Crippen LogP contribution in [0.1, 0.15) is 45.1 Å². The highest BCUT2D eigenvalue weighted by Gasteiger charge is 2.43. The zero-order valence-electron chi connectivity index (χ0n) is 13.2. The third kappa shape index (κ3) is 2.48. The van der Waals surface area contributed by atoms with Crippen molar-refractivity contribution in [2.75, 3.05) is 18.0 Å². The van der Waals surface area contributed by atoms with Crippen LogP contribution in [0.4, 0.5) is 5.69 Å². The summed E-state index contributed by atoms with van der Waals surface area (Å²) in [7, 11) is 0. The number of hydrogen-bond donors (Lipinski definition) is 1. The van der Waals surface area contributed by atoms with E-state index in [0.29, 0.717) is 11.9 Å². The summed E-state index contributed by atoms with van der Waals surface area (Å²) in [5.41, 5.74) is 2.31. The molecular weight excluding hydrogens is 260 g/mol. The highest BCUT2D eigenvalue weighted by atomic mass is 16.2. The molecule has 1 atom stereocenters. The number of benzene rings is 1. The minimum Gasteiger partial charge on any atom is -0.317 e. The Labute approximate surface area is 127 Å². The van der Waals surface area contributed by atoms with Crippen LogP contribution in [0, 0.1) is 5.41 Å². The van der Waals surface area contributed by atoms with Gasteiger partial charge in [-0.3, -0.25) is 4.79 Å². The molecule has 0 spiro atoms. The Morgan fingerprint density at radius 2 is 2.05 bits per heavy atom. The van der Waals surface area contributed by atoms with E-state index in [9.17, 15) is 4.79 Å². The molecular formula is C18H26N2O. The molecule has 21 heavy (non-hydrogen) atoms. The number of hydrogen-bond acceptors (Lipinski definition) is 2. The first-order chi connectivity index (χ1) is 10.2. The molecule has 0 aliphatic carbocycles. The van der Waals surface area contributed by atoms with Gasteiger partial charge in [0.25, 0.3) is 0 Å². The van der Waals surface area contributed by atoms with Gasteiger partial charge >= 0.3 is 0 Å². The molecule has 3 heteroatoms. The third-order valence-corrected chi connectivity index (χ3v) is 5.43. The predicted molar refractivity (Wildman–Crippen MR) is 86.5 cm³/mol. The fraction of sp³-hybridized carbons (Fsp3) is 0.611. The van der Waals surface area contributed by atoms with Gasteiger partial charge in [0.15, 0.2) is 0 Å². The van der Waals surface area contributed by atoms with Gasteiger partial charge in [-0.05, 0) is 63.7 Å². The Kier molecular flexibility index (Phi) is 4.03. The van der Waals surface area contributed by atoms with Crippen LogP contribution in [0.15, 0.2) is 24.3 Å². The number of piperidine rings is 1. The molecule has 1 N–H and O–H groups in total. The summed E-state index contributed by atoms with van der Waals surface area (Å²) in [5, 5.41) is 3.39. The normalized spacial score (nSPS) is 24.5. The van der Waals surface area contributed by atoms with Crippen LogP contribution in [0.2, 0.25) is 0 Å². The summed E-state index contributed by atoms with van der Waals surface area (Å²) in [4.78, 5) is 15.5. The Morgan fingerprint density at radius 3 is 2.76 bits per heavy atom. The van der Waals surface area contributed by atoms with Gasteiger partial charge in [0.2, 0.25) is 5.91 Å². The van der Waals surface area contributed by atoms with E-state index in [0.717, 1.165) is 50.9 Å². The number of carbonyl (C=O) groups excluding carboxylic acids is 1. The number of para-hydroxylation sites is 1. The number of carbonyl (C=O) groups is 1. The first-order valence-corrected chi connectivity index (χ1v) is 8.30. The molecule has 3 rings (SSSR count). The van der Waals surface area contributed by atoms with Crippen molar-refractivity contribution in [3.63, 3.8) is 0 Å². The zero-order valence-corrected chi connectivity index (χ0v) is 13.2. The average molecular weight is 286 g/mol. The average Bonchev–Trinajstić information content (AvgIpc) is 2.55. The van der Waals surface area contributed by atoms with Gasteiger partial charge in [-0.1, -0.05) is 25.1 Å². The fourth-order valence-corrected chi connectivity index (χ4v) is 3.88. The van der Waals surface area contributed by atoms with Crippen molar-refractivity contribution < 1.29 is 4.79 Å². The van der Waals surface area contributed by atoms with Crippen molar-refractivity contribution >= 4 is 11.6 Å². The fourth-order valence-electron chi connectivity index (χ4n) is 3.88. The molecule has 1 fully saturated rings. The van der Waals surface area contributed by atoms with Crippen LogP contribution in [0.3, 0.4) is 0 Å². The third-order valence-electron chi connectivity index (χ3n) is 5.43. The highest BCUT2D eigenvalue weighted by Crippen LogP contribution is 2.40. The van der Waals surface area contributed by atoms with Crippen molar-refractivity contribution in [1.82, 2.24) is 5.32 Å². The molecule has 0 saturated carbocycles. The van der Waals surface area contributed by atoms with Crippen molar-refractivity contribution in [1.29, 1.82) is 0 Å². The Bertz CT molecular complexity index is 520. The van der Waals surface area contributed by atoms with E-state index < -0.39 is 0 Å².